The summed E-state index contributed by atoms with van der Waals surface area (Å²) in [5.41, 5.74) is 3.89. The van der Waals surface area contributed by atoms with Crippen LogP contribution in [0.3, 0.4) is 0 Å². The molecule has 4 nitrogen and oxygen atoms in total. The van der Waals surface area contributed by atoms with Gasteiger partial charge in [0.1, 0.15) is 5.82 Å². The quantitative estimate of drug-likeness (QED) is 0.732. The number of hydrogen-bond donors (Lipinski definition) is 1. The summed E-state index contributed by atoms with van der Waals surface area (Å²) in [7, 11) is 0. The van der Waals surface area contributed by atoms with Crippen molar-refractivity contribution in [1.29, 1.82) is 0 Å². The van der Waals surface area contributed by atoms with Crippen LogP contribution in [0.1, 0.15) is 16.8 Å². The second-order valence-corrected chi connectivity index (χ2v) is 5.11. The third kappa shape index (κ3) is 3.44. The Balaban J connectivity index is 1.54. The predicted molar refractivity (Wildman–Crippen MR) is 79.5 cm³/mol. The van der Waals surface area contributed by atoms with Gasteiger partial charge in [-0.3, -0.25) is 0 Å². The molecule has 2 aromatic heterocycles. The Hall–Kier alpha value is -2.27. The van der Waals surface area contributed by atoms with Crippen LogP contribution < -0.4 is 5.32 Å². The number of rotatable bonds is 5. The standard InChI is InChI=1S/C16H17FN4/c1-12-7-16-19-10-14(11-21(16)20-12)9-18-6-5-13-3-2-4-15(17)8-13/h2-4,7-8,10-11,18H,5-6,9H2,1H3. The summed E-state index contributed by atoms with van der Waals surface area (Å²) in [5.74, 6) is -0.184. The molecule has 1 aromatic carbocycles. The fraction of sp³-hybridized carbons (Fsp3) is 0.250. The fourth-order valence-corrected chi connectivity index (χ4v) is 2.28. The van der Waals surface area contributed by atoms with Gasteiger partial charge >= 0.3 is 0 Å². The van der Waals surface area contributed by atoms with E-state index in [0.717, 1.165) is 42.0 Å². The first-order chi connectivity index (χ1) is 10.2. The highest BCUT2D eigenvalue weighted by atomic mass is 19.1. The van der Waals surface area contributed by atoms with E-state index in [1.165, 1.54) is 6.07 Å². The van der Waals surface area contributed by atoms with E-state index in [4.69, 9.17) is 0 Å². The number of aromatic nitrogens is 3. The summed E-state index contributed by atoms with van der Waals surface area (Å²) in [6, 6.07) is 8.65. The van der Waals surface area contributed by atoms with E-state index in [1.807, 2.05) is 31.5 Å². The largest absolute Gasteiger partial charge is 0.312 e. The lowest BCUT2D eigenvalue weighted by molar-refractivity contribution is 0.622. The van der Waals surface area contributed by atoms with Crippen molar-refractivity contribution < 1.29 is 4.39 Å². The van der Waals surface area contributed by atoms with Crippen molar-refractivity contribution in [2.45, 2.75) is 19.9 Å². The molecule has 0 bridgehead atoms. The first-order valence-corrected chi connectivity index (χ1v) is 6.97. The monoisotopic (exact) mass is 284 g/mol. The molecule has 2 heterocycles. The minimum absolute atomic E-state index is 0.184. The molecule has 0 aliphatic carbocycles. The zero-order valence-electron chi connectivity index (χ0n) is 11.9. The first kappa shape index (κ1) is 13.7. The highest BCUT2D eigenvalue weighted by Crippen LogP contribution is 2.06. The summed E-state index contributed by atoms with van der Waals surface area (Å²) in [5, 5.41) is 7.68. The summed E-state index contributed by atoms with van der Waals surface area (Å²) < 4.78 is 14.8. The van der Waals surface area contributed by atoms with Crippen molar-refractivity contribution in [3.05, 3.63) is 65.4 Å². The summed E-state index contributed by atoms with van der Waals surface area (Å²) in [4.78, 5) is 4.36. The van der Waals surface area contributed by atoms with Crippen molar-refractivity contribution >= 4 is 5.65 Å². The summed E-state index contributed by atoms with van der Waals surface area (Å²) >= 11 is 0. The van der Waals surface area contributed by atoms with Crippen LogP contribution in [-0.4, -0.2) is 21.1 Å². The zero-order chi connectivity index (χ0) is 14.7. The first-order valence-electron chi connectivity index (χ1n) is 6.97. The Bertz CT molecular complexity index is 751. The van der Waals surface area contributed by atoms with Gasteiger partial charge in [0, 0.05) is 30.6 Å². The average Bonchev–Trinajstić information content (AvgIpc) is 2.83. The van der Waals surface area contributed by atoms with Gasteiger partial charge in [-0.2, -0.15) is 5.10 Å². The van der Waals surface area contributed by atoms with Crippen LogP contribution >= 0.6 is 0 Å². The average molecular weight is 284 g/mol. The van der Waals surface area contributed by atoms with Crippen LogP contribution in [0.5, 0.6) is 0 Å². The van der Waals surface area contributed by atoms with Gasteiger partial charge in [-0.1, -0.05) is 12.1 Å². The third-order valence-corrected chi connectivity index (χ3v) is 3.30. The van der Waals surface area contributed by atoms with Crippen molar-refractivity contribution in [2.24, 2.45) is 0 Å². The molecule has 0 saturated carbocycles. The van der Waals surface area contributed by atoms with Crippen molar-refractivity contribution in [1.82, 2.24) is 19.9 Å². The Labute approximate surface area is 122 Å². The van der Waals surface area contributed by atoms with Gasteiger partial charge < -0.3 is 5.32 Å². The summed E-state index contributed by atoms with van der Waals surface area (Å²) in [6.45, 7) is 3.46. The van der Waals surface area contributed by atoms with Crippen molar-refractivity contribution in [3.8, 4) is 0 Å². The molecular weight excluding hydrogens is 267 g/mol. The van der Waals surface area contributed by atoms with Gasteiger partial charge in [-0.15, -0.1) is 0 Å². The molecule has 21 heavy (non-hydrogen) atoms. The maximum absolute atomic E-state index is 13.1. The molecule has 1 N–H and O–H groups in total. The smallest absolute Gasteiger partial charge is 0.155 e. The topological polar surface area (TPSA) is 42.2 Å². The van der Waals surface area contributed by atoms with E-state index in [-0.39, 0.29) is 5.82 Å². The number of fused-ring (bicyclic) bond motifs is 1. The molecule has 0 amide bonds. The van der Waals surface area contributed by atoms with Gasteiger partial charge in [0.15, 0.2) is 5.65 Å². The summed E-state index contributed by atoms with van der Waals surface area (Å²) in [6.07, 6.45) is 4.63. The van der Waals surface area contributed by atoms with E-state index in [1.54, 1.807) is 16.6 Å². The molecule has 0 aliphatic heterocycles. The molecule has 0 spiro atoms. The highest BCUT2D eigenvalue weighted by molar-refractivity contribution is 5.38. The molecule has 0 atom stereocenters. The van der Waals surface area contributed by atoms with Crippen LogP contribution in [0.15, 0.2) is 42.7 Å². The molecule has 0 radical (unpaired) electrons. The molecule has 0 aliphatic rings. The van der Waals surface area contributed by atoms with Crippen LogP contribution in [-0.2, 0) is 13.0 Å². The van der Waals surface area contributed by atoms with E-state index >= 15 is 0 Å². The van der Waals surface area contributed by atoms with Crippen molar-refractivity contribution in [2.75, 3.05) is 6.54 Å². The van der Waals surface area contributed by atoms with E-state index < -0.39 is 0 Å². The Morgan fingerprint density at radius 2 is 2.14 bits per heavy atom. The molecule has 108 valence electrons. The number of halogens is 1. The number of benzene rings is 1. The molecule has 0 unspecified atom stereocenters. The van der Waals surface area contributed by atoms with Crippen LogP contribution in [0.25, 0.3) is 5.65 Å². The van der Waals surface area contributed by atoms with Gasteiger partial charge in [-0.05, 0) is 37.6 Å². The third-order valence-electron chi connectivity index (χ3n) is 3.30. The number of nitrogens with zero attached hydrogens (tertiary/aromatic N) is 3. The fourth-order valence-electron chi connectivity index (χ4n) is 2.28. The van der Waals surface area contributed by atoms with Gasteiger partial charge in [0.2, 0.25) is 0 Å². The van der Waals surface area contributed by atoms with Gasteiger partial charge in [0.05, 0.1) is 5.69 Å². The molecule has 5 heteroatoms. The molecule has 3 aromatic rings. The Morgan fingerprint density at radius 1 is 1.24 bits per heavy atom. The van der Waals surface area contributed by atoms with E-state index in [0.29, 0.717) is 0 Å². The second-order valence-electron chi connectivity index (χ2n) is 5.11. The van der Waals surface area contributed by atoms with Gasteiger partial charge in [-0.25, -0.2) is 13.9 Å². The van der Waals surface area contributed by atoms with Crippen LogP contribution in [0.2, 0.25) is 0 Å². The number of nitrogens with one attached hydrogen (secondary N) is 1. The Morgan fingerprint density at radius 3 is 3.00 bits per heavy atom. The molecule has 3 rings (SSSR count). The molecule has 0 saturated heterocycles. The maximum Gasteiger partial charge on any atom is 0.155 e. The number of aryl methyl sites for hydroxylation is 1. The number of hydrogen-bond acceptors (Lipinski definition) is 3. The second kappa shape index (κ2) is 6.01. The van der Waals surface area contributed by atoms with Crippen LogP contribution in [0.4, 0.5) is 4.39 Å². The zero-order valence-corrected chi connectivity index (χ0v) is 11.9. The van der Waals surface area contributed by atoms with Crippen molar-refractivity contribution in [3.63, 3.8) is 0 Å². The minimum atomic E-state index is -0.184. The normalized spacial score (nSPS) is 11.1. The maximum atomic E-state index is 13.1. The SMILES string of the molecule is Cc1cc2ncc(CNCCc3cccc(F)c3)cn2n1. The predicted octanol–water partition coefficient (Wildman–Crippen LogP) is 2.51. The Kier molecular flexibility index (Phi) is 3.92. The molecule has 0 fully saturated rings. The lowest BCUT2D eigenvalue weighted by Gasteiger charge is -2.05. The molecular formula is C16H17FN4. The van der Waals surface area contributed by atoms with E-state index in [2.05, 4.69) is 15.4 Å². The van der Waals surface area contributed by atoms with E-state index in [9.17, 15) is 4.39 Å². The minimum Gasteiger partial charge on any atom is -0.312 e. The lowest BCUT2D eigenvalue weighted by Crippen LogP contribution is -2.17. The van der Waals surface area contributed by atoms with Gasteiger partial charge in [0.25, 0.3) is 0 Å². The lowest BCUT2D eigenvalue weighted by atomic mass is 10.1. The highest BCUT2D eigenvalue weighted by Gasteiger charge is 2.01. The van der Waals surface area contributed by atoms with Crippen LogP contribution in [0, 0.1) is 12.7 Å².